The Labute approximate surface area is 367 Å². The largest absolute Gasteiger partial charge is 0.455 e. The molecule has 0 radical (unpaired) electrons. The maximum Gasteiger partial charge on any atom is 0.446 e. The molecule has 8 rings (SSSR count). The molecule has 4 heterocycles. The fourth-order valence-electron chi connectivity index (χ4n) is 7.94. The van der Waals surface area contributed by atoms with Gasteiger partial charge in [0.25, 0.3) is 5.91 Å². The number of rotatable bonds is 15. The Morgan fingerprint density at radius 1 is 0.934 bits per heavy atom. The molecule has 61 heavy (non-hydrogen) atoms. The Bertz CT molecular complexity index is 2420. The number of ether oxygens (including phenoxy) is 1. The quantitative estimate of drug-likeness (QED) is 0.0457. The lowest BCUT2D eigenvalue weighted by Gasteiger charge is -2.34. The van der Waals surface area contributed by atoms with Crippen molar-refractivity contribution in [3.8, 4) is 22.6 Å². The molecule has 318 valence electrons. The van der Waals surface area contributed by atoms with Crippen LogP contribution >= 0.6 is 35.3 Å². The van der Waals surface area contributed by atoms with Crippen LogP contribution in [0.2, 0.25) is 5.02 Å². The number of hydrogen-bond donors (Lipinski definition) is 4. The highest BCUT2D eigenvalue weighted by molar-refractivity contribution is 8.00. The van der Waals surface area contributed by atoms with Crippen LogP contribution in [0.15, 0.2) is 119 Å². The average Bonchev–Trinajstić information content (AvgIpc) is 3.74. The number of pyridine rings is 1. The third-order valence-electron chi connectivity index (χ3n) is 11.1. The molecule has 2 aliphatic heterocycles. The van der Waals surface area contributed by atoms with E-state index in [4.69, 9.17) is 16.3 Å². The molecule has 9 nitrogen and oxygen atoms in total. The van der Waals surface area contributed by atoms with Gasteiger partial charge in [-0.2, -0.15) is 13.2 Å². The first kappa shape index (κ1) is 42.8. The van der Waals surface area contributed by atoms with Crippen molar-refractivity contribution in [3.05, 3.63) is 126 Å². The summed E-state index contributed by atoms with van der Waals surface area (Å²) in [6.07, 6.45) is 7.18. The number of nitrogens with one attached hydrogen (secondary N) is 4. The summed E-state index contributed by atoms with van der Waals surface area (Å²) in [4.78, 5) is 26.6. The van der Waals surface area contributed by atoms with Crippen LogP contribution in [-0.4, -0.2) is 78.6 Å². The number of fused-ring (bicyclic) bond motifs is 1. The summed E-state index contributed by atoms with van der Waals surface area (Å²) in [5, 5.41) is 8.10. The van der Waals surface area contributed by atoms with E-state index in [1.165, 1.54) is 17.2 Å². The first-order valence-electron chi connectivity index (χ1n) is 20.5. The van der Waals surface area contributed by atoms with Crippen molar-refractivity contribution in [1.82, 2.24) is 24.9 Å². The van der Waals surface area contributed by atoms with Gasteiger partial charge in [-0.05, 0) is 133 Å². The molecule has 0 spiro atoms. The van der Waals surface area contributed by atoms with Gasteiger partial charge in [0, 0.05) is 89.7 Å². The lowest BCUT2D eigenvalue weighted by Crippen LogP contribution is -2.44. The predicted octanol–water partition coefficient (Wildman–Crippen LogP) is 10.9. The minimum Gasteiger partial charge on any atom is -0.455 e. The number of aromatic amines is 1. The number of nitrogens with zero attached hydrogens (tertiary/aromatic N) is 3. The standard InChI is InChI=1S/C46H47ClF3N7O2S2/c47-35-8-6-32(7-9-35)39-5-2-1-4-33(39)26-31-15-22-57(23-16-31)36-10-12-40(42(28-36)59-37-27-34-14-18-53-44(34)54-30-37)45(58)55-61-38-11-13-41(43(29-38)60-46(48,49)50)52-17-3-21-56-24-19-51-20-25-56/h1-2,4-14,18,27-31,51-52H,3,15-17,19-26H2,(H,53,54)(H,55,58). The van der Waals surface area contributed by atoms with Gasteiger partial charge < -0.3 is 30.2 Å². The molecule has 1 amide bonds. The number of amides is 1. The van der Waals surface area contributed by atoms with Crippen molar-refractivity contribution >= 4 is 63.6 Å². The number of anilines is 2. The number of piperidine rings is 1. The summed E-state index contributed by atoms with van der Waals surface area (Å²) < 4.78 is 50.3. The van der Waals surface area contributed by atoms with Crippen LogP contribution < -0.4 is 25.0 Å². The van der Waals surface area contributed by atoms with E-state index >= 15 is 0 Å². The maximum absolute atomic E-state index is 13.9. The van der Waals surface area contributed by atoms with Crippen molar-refractivity contribution in [2.45, 2.75) is 41.0 Å². The summed E-state index contributed by atoms with van der Waals surface area (Å²) in [6, 6.07) is 30.7. The Morgan fingerprint density at radius 2 is 1.74 bits per heavy atom. The van der Waals surface area contributed by atoms with Gasteiger partial charge in [-0.1, -0.05) is 48.0 Å². The van der Waals surface area contributed by atoms with Crippen molar-refractivity contribution in [2.24, 2.45) is 5.92 Å². The van der Waals surface area contributed by atoms with Gasteiger partial charge in [-0.25, -0.2) is 4.98 Å². The zero-order valence-corrected chi connectivity index (χ0v) is 35.8. The SMILES string of the molecule is O=C(NSc1ccc(NCCCN2CCNCC2)c(SC(F)(F)F)c1)c1ccc(N2CCC(Cc3ccccc3-c3ccc(Cl)cc3)CC2)cc1Oc1cnc2[nH]ccc2c1. The minimum atomic E-state index is -4.48. The van der Waals surface area contributed by atoms with Crippen LogP contribution in [0.25, 0.3) is 22.2 Å². The van der Waals surface area contributed by atoms with Gasteiger partial charge >= 0.3 is 5.51 Å². The monoisotopic (exact) mass is 885 g/mol. The summed E-state index contributed by atoms with van der Waals surface area (Å²) in [5.41, 5.74) is 1.56. The van der Waals surface area contributed by atoms with E-state index < -0.39 is 11.4 Å². The lowest BCUT2D eigenvalue weighted by atomic mass is 9.87. The molecule has 0 aliphatic carbocycles. The molecule has 2 fully saturated rings. The van der Waals surface area contributed by atoms with Crippen LogP contribution in [-0.2, 0) is 6.42 Å². The van der Waals surface area contributed by atoms with Crippen molar-refractivity contribution in [2.75, 3.05) is 62.6 Å². The van der Waals surface area contributed by atoms with Gasteiger partial charge in [0.1, 0.15) is 17.1 Å². The minimum absolute atomic E-state index is 0.0458. The van der Waals surface area contributed by atoms with Crippen molar-refractivity contribution in [1.29, 1.82) is 0 Å². The van der Waals surface area contributed by atoms with E-state index in [1.807, 2.05) is 36.4 Å². The summed E-state index contributed by atoms with van der Waals surface area (Å²) >= 11 is 6.97. The van der Waals surface area contributed by atoms with E-state index in [0.717, 1.165) is 105 Å². The number of halogens is 4. The van der Waals surface area contributed by atoms with Gasteiger partial charge in [0.15, 0.2) is 0 Å². The van der Waals surface area contributed by atoms with Gasteiger partial charge in [0.05, 0.1) is 11.8 Å². The molecule has 0 bridgehead atoms. The summed E-state index contributed by atoms with van der Waals surface area (Å²) in [5.74, 6) is 0.873. The third kappa shape index (κ3) is 11.5. The molecule has 4 aromatic carbocycles. The number of alkyl halides is 3. The number of carbonyl (C=O) groups is 1. The molecule has 0 atom stereocenters. The molecular formula is C46H47ClF3N7O2S2. The topological polar surface area (TPSA) is 97.6 Å². The van der Waals surface area contributed by atoms with Crippen LogP contribution in [0.1, 0.15) is 35.2 Å². The Balaban J connectivity index is 0.949. The second-order valence-corrected chi connectivity index (χ2v) is 17.7. The van der Waals surface area contributed by atoms with Crippen molar-refractivity contribution in [3.63, 3.8) is 0 Å². The predicted molar refractivity (Wildman–Crippen MR) is 242 cm³/mol. The molecular weight excluding hydrogens is 839 g/mol. The Morgan fingerprint density at radius 3 is 2.54 bits per heavy atom. The fraction of sp³-hybridized carbons (Fsp3) is 0.304. The fourth-order valence-corrected chi connectivity index (χ4v) is 9.46. The van der Waals surface area contributed by atoms with Gasteiger partial charge in [-0.3, -0.25) is 9.52 Å². The number of benzene rings is 4. The molecule has 15 heteroatoms. The highest BCUT2D eigenvalue weighted by Crippen LogP contribution is 2.42. The van der Waals surface area contributed by atoms with Crippen molar-refractivity contribution < 1.29 is 22.7 Å². The molecule has 4 N–H and O–H groups in total. The number of thioether (sulfide) groups is 1. The third-order valence-corrected chi connectivity index (χ3v) is 12.9. The van der Waals surface area contributed by atoms with Gasteiger partial charge in [-0.15, -0.1) is 0 Å². The summed E-state index contributed by atoms with van der Waals surface area (Å²) in [7, 11) is 0. The number of H-pyrrole nitrogens is 1. The molecule has 6 aromatic rings. The van der Waals surface area contributed by atoms with Crippen LogP contribution in [0, 0.1) is 5.92 Å². The smallest absolute Gasteiger partial charge is 0.446 e. The normalized spacial score (nSPS) is 15.2. The molecule has 0 saturated carbocycles. The van der Waals surface area contributed by atoms with E-state index in [0.29, 0.717) is 40.2 Å². The number of carbonyl (C=O) groups excluding carboxylic acids is 1. The number of aromatic nitrogens is 2. The first-order chi connectivity index (χ1) is 29.6. The molecule has 0 unspecified atom stereocenters. The zero-order chi connectivity index (χ0) is 42.2. The van der Waals surface area contributed by atoms with Crippen LogP contribution in [0.4, 0.5) is 24.5 Å². The Kier molecular flexibility index (Phi) is 14.0. The zero-order valence-electron chi connectivity index (χ0n) is 33.4. The number of hydrogen-bond acceptors (Lipinski definition) is 9. The highest BCUT2D eigenvalue weighted by Gasteiger charge is 2.31. The molecule has 2 aliphatic rings. The molecule has 2 aromatic heterocycles. The van der Waals surface area contributed by atoms with Crippen LogP contribution in [0.5, 0.6) is 11.5 Å². The second-order valence-electron chi connectivity index (χ2n) is 15.3. The highest BCUT2D eigenvalue weighted by atomic mass is 35.5. The van der Waals surface area contributed by atoms with E-state index in [9.17, 15) is 18.0 Å². The first-order valence-corrected chi connectivity index (χ1v) is 22.5. The second kappa shape index (κ2) is 19.9. The maximum atomic E-state index is 13.9. The Hall–Kier alpha value is -4.86. The van der Waals surface area contributed by atoms with E-state index in [2.05, 4.69) is 71.5 Å². The van der Waals surface area contributed by atoms with E-state index in [-0.39, 0.29) is 22.2 Å². The summed E-state index contributed by atoms with van der Waals surface area (Å²) in [6.45, 7) is 6.92. The molecule has 2 saturated heterocycles. The average molecular weight is 887 g/mol. The van der Waals surface area contributed by atoms with E-state index in [1.54, 1.807) is 30.6 Å². The van der Waals surface area contributed by atoms with Gasteiger partial charge in [0.2, 0.25) is 0 Å². The number of piperazine rings is 1. The lowest BCUT2D eigenvalue weighted by molar-refractivity contribution is -0.0328. The van der Waals surface area contributed by atoms with Crippen LogP contribution in [0.3, 0.4) is 0 Å².